The van der Waals surface area contributed by atoms with Gasteiger partial charge in [-0.2, -0.15) is 0 Å². The lowest BCUT2D eigenvalue weighted by Gasteiger charge is -2.36. The van der Waals surface area contributed by atoms with Crippen LogP contribution >= 0.6 is 11.8 Å². The summed E-state index contributed by atoms with van der Waals surface area (Å²) in [6, 6.07) is 0. The molecule has 1 heterocycles. The average Bonchev–Trinajstić information content (AvgIpc) is 2.17. The van der Waals surface area contributed by atoms with Crippen molar-refractivity contribution in [2.75, 3.05) is 32.4 Å². The molecular weight excluding hydrogens is 184 g/mol. The number of carbonyl (C=O) groups is 1. The van der Waals surface area contributed by atoms with Crippen molar-refractivity contribution in [3.63, 3.8) is 0 Å². The van der Waals surface area contributed by atoms with Crippen LogP contribution in [0.2, 0.25) is 0 Å². The maximum atomic E-state index is 11.0. The molecule has 1 amide bonds. The largest absolute Gasteiger partial charge is 0.340 e. The molecule has 1 atom stereocenters. The lowest BCUT2D eigenvalue weighted by atomic mass is 10.3. The van der Waals surface area contributed by atoms with Crippen molar-refractivity contribution in [2.45, 2.75) is 19.2 Å². The monoisotopic (exact) mass is 202 g/mol. The highest BCUT2D eigenvalue weighted by Gasteiger charge is 2.21. The zero-order chi connectivity index (χ0) is 9.84. The normalized spacial score (nSPS) is 21.6. The summed E-state index contributed by atoms with van der Waals surface area (Å²) in [5.74, 6) is 0.205. The number of rotatable bonds is 2. The first-order valence-corrected chi connectivity index (χ1v) is 5.96. The minimum Gasteiger partial charge on any atom is -0.340 e. The van der Waals surface area contributed by atoms with Gasteiger partial charge in [0.2, 0.25) is 5.91 Å². The average molecular weight is 202 g/mol. The van der Waals surface area contributed by atoms with E-state index in [9.17, 15) is 4.79 Å². The quantitative estimate of drug-likeness (QED) is 0.663. The van der Waals surface area contributed by atoms with E-state index in [0.717, 1.165) is 26.2 Å². The molecule has 0 spiro atoms. The molecule has 76 valence electrons. The molecule has 1 aliphatic heterocycles. The zero-order valence-corrected chi connectivity index (χ0v) is 9.43. The standard InChI is InChI=1S/C9H18N2OS/c1-8(12)10-4-6-11(7-5-10)9(2)13-3/h9H,4-7H2,1-3H3. The summed E-state index contributed by atoms with van der Waals surface area (Å²) in [6.07, 6.45) is 2.13. The van der Waals surface area contributed by atoms with Gasteiger partial charge in [0.15, 0.2) is 0 Å². The molecule has 0 N–H and O–H groups in total. The molecule has 0 aromatic carbocycles. The van der Waals surface area contributed by atoms with Crippen molar-refractivity contribution in [3.05, 3.63) is 0 Å². The first-order valence-electron chi connectivity index (χ1n) is 4.67. The Morgan fingerprint density at radius 1 is 1.31 bits per heavy atom. The summed E-state index contributed by atoms with van der Waals surface area (Å²) in [5, 5.41) is 0.578. The molecule has 13 heavy (non-hydrogen) atoms. The van der Waals surface area contributed by atoms with Crippen molar-refractivity contribution < 1.29 is 4.79 Å². The van der Waals surface area contributed by atoms with Crippen molar-refractivity contribution in [2.24, 2.45) is 0 Å². The third-order valence-corrected chi connectivity index (χ3v) is 3.60. The van der Waals surface area contributed by atoms with Crippen LogP contribution in [0.15, 0.2) is 0 Å². The van der Waals surface area contributed by atoms with Crippen LogP contribution in [-0.4, -0.2) is 53.5 Å². The van der Waals surface area contributed by atoms with E-state index in [0.29, 0.717) is 5.37 Å². The van der Waals surface area contributed by atoms with Gasteiger partial charge in [0.05, 0.1) is 5.37 Å². The maximum absolute atomic E-state index is 11.0. The highest BCUT2D eigenvalue weighted by molar-refractivity contribution is 7.99. The lowest BCUT2D eigenvalue weighted by molar-refractivity contribution is -0.130. The van der Waals surface area contributed by atoms with Gasteiger partial charge in [-0.15, -0.1) is 11.8 Å². The van der Waals surface area contributed by atoms with Crippen LogP contribution in [0.5, 0.6) is 0 Å². The fourth-order valence-electron chi connectivity index (χ4n) is 1.55. The van der Waals surface area contributed by atoms with E-state index in [2.05, 4.69) is 18.1 Å². The number of amides is 1. The van der Waals surface area contributed by atoms with Crippen molar-refractivity contribution in [1.29, 1.82) is 0 Å². The van der Waals surface area contributed by atoms with Crippen LogP contribution in [0.4, 0.5) is 0 Å². The Morgan fingerprint density at radius 3 is 2.23 bits per heavy atom. The Morgan fingerprint density at radius 2 is 1.85 bits per heavy atom. The van der Waals surface area contributed by atoms with E-state index in [1.165, 1.54) is 0 Å². The fraction of sp³-hybridized carbons (Fsp3) is 0.889. The maximum Gasteiger partial charge on any atom is 0.219 e. The number of thioether (sulfide) groups is 1. The highest BCUT2D eigenvalue weighted by atomic mass is 32.2. The first-order chi connectivity index (χ1) is 6.15. The first kappa shape index (κ1) is 10.9. The molecule has 0 radical (unpaired) electrons. The highest BCUT2D eigenvalue weighted by Crippen LogP contribution is 2.13. The molecule has 3 nitrogen and oxygen atoms in total. The molecule has 1 fully saturated rings. The molecule has 0 aromatic heterocycles. The zero-order valence-electron chi connectivity index (χ0n) is 8.62. The van der Waals surface area contributed by atoms with E-state index in [1.807, 2.05) is 16.7 Å². The minimum atomic E-state index is 0.205. The second-order valence-corrected chi connectivity index (χ2v) is 4.53. The van der Waals surface area contributed by atoms with Crippen LogP contribution in [0, 0.1) is 0 Å². The van der Waals surface area contributed by atoms with Gasteiger partial charge in [0, 0.05) is 33.1 Å². The van der Waals surface area contributed by atoms with Gasteiger partial charge in [0.25, 0.3) is 0 Å². The third-order valence-electron chi connectivity index (χ3n) is 2.61. The Hall–Kier alpha value is -0.220. The summed E-state index contributed by atoms with van der Waals surface area (Å²) < 4.78 is 0. The number of hydrogen-bond donors (Lipinski definition) is 0. The molecule has 0 saturated carbocycles. The van der Waals surface area contributed by atoms with Gasteiger partial charge in [-0.3, -0.25) is 9.69 Å². The van der Waals surface area contributed by atoms with E-state index < -0.39 is 0 Å². The second-order valence-electron chi connectivity index (χ2n) is 3.38. The van der Waals surface area contributed by atoms with Crippen LogP contribution in [0.3, 0.4) is 0 Å². The Balaban J connectivity index is 2.34. The number of nitrogens with zero attached hydrogens (tertiary/aromatic N) is 2. The molecule has 0 aliphatic carbocycles. The molecular formula is C9H18N2OS. The molecule has 0 bridgehead atoms. The Kier molecular flexibility index (Phi) is 4.06. The summed E-state index contributed by atoms with van der Waals surface area (Å²) >= 11 is 1.86. The van der Waals surface area contributed by atoms with E-state index in [4.69, 9.17) is 0 Å². The number of carbonyl (C=O) groups excluding carboxylic acids is 1. The topological polar surface area (TPSA) is 23.6 Å². The third kappa shape index (κ3) is 2.88. The van der Waals surface area contributed by atoms with Crippen LogP contribution in [0.1, 0.15) is 13.8 Å². The fourth-order valence-corrected chi connectivity index (χ4v) is 2.06. The summed E-state index contributed by atoms with van der Waals surface area (Å²) in [6.45, 7) is 7.67. The minimum absolute atomic E-state index is 0.205. The summed E-state index contributed by atoms with van der Waals surface area (Å²) in [5.41, 5.74) is 0. The summed E-state index contributed by atoms with van der Waals surface area (Å²) in [7, 11) is 0. The van der Waals surface area contributed by atoms with Gasteiger partial charge < -0.3 is 4.90 Å². The van der Waals surface area contributed by atoms with Gasteiger partial charge >= 0.3 is 0 Å². The molecule has 4 heteroatoms. The van der Waals surface area contributed by atoms with E-state index in [1.54, 1.807) is 6.92 Å². The SMILES string of the molecule is CSC(C)N1CCN(C(C)=O)CC1. The summed E-state index contributed by atoms with van der Waals surface area (Å²) in [4.78, 5) is 15.4. The van der Waals surface area contributed by atoms with E-state index in [-0.39, 0.29) is 5.91 Å². The van der Waals surface area contributed by atoms with Crippen molar-refractivity contribution in [1.82, 2.24) is 9.80 Å². The lowest BCUT2D eigenvalue weighted by Crippen LogP contribution is -2.50. The predicted molar refractivity (Wildman–Crippen MR) is 56.8 cm³/mol. The molecule has 1 saturated heterocycles. The van der Waals surface area contributed by atoms with Crippen molar-refractivity contribution in [3.8, 4) is 0 Å². The van der Waals surface area contributed by atoms with Crippen molar-refractivity contribution >= 4 is 17.7 Å². The van der Waals surface area contributed by atoms with Gasteiger partial charge in [0.1, 0.15) is 0 Å². The van der Waals surface area contributed by atoms with Gasteiger partial charge in [-0.25, -0.2) is 0 Å². The van der Waals surface area contributed by atoms with E-state index >= 15 is 0 Å². The van der Waals surface area contributed by atoms with Gasteiger partial charge in [-0.05, 0) is 13.2 Å². The molecule has 1 rings (SSSR count). The number of piperazine rings is 1. The van der Waals surface area contributed by atoms with Gasteiger partial charge in [-0.1, -0.05) is 0 Å². The molecule has 1 unspecified atom stereocenters. The smallest absolute Gasteiger partial charge is 0.219 e. The second kappa shape index (κ2) is 4.86. The number of hydrogen-bond acceptors (Lipinski definition) is 3. The van der Waals surface area contributed by atoms with Crippen LogP contribution < -0.4 is 0 Å². The van der Waals surface area contributed by atoms with Crippen LogP contribution in [0.25, 0.3) is 0 Å². The Labute approximate surface area is 84.5 Å². The van der Waals surface area contributed by atoms with Crippen LogP contribution in [-0.2, 0) is 4.79 Å². The Bertz CT molecular complexity index is 178. The molecule has 1 aliphatic rings. The predicted octanol–water partition coefficient (Wildman–Crippen LogP) is 0.859. The molecule has 0 aromatic rings.